The quantitative estimate of drug-likeness (QED) is 0.862. The van der Waals surface area contributed by atoms with Gasteiger partial charge < -0.3 is 10.2 Å². The molecule has 7 heteroatoms. The van der Waals surface area contributed by atoms with E-state index >= 15 is 0 Å². The summed E-state index contributed by atoms with van der Waals surface area (Å²) in [5.41, 5.74) is -0.797. The molecule has 1 fully saturated rings. The lowest BCUT2D eigenvalue weighted by atomic mass is 9.85. The van der Waals surface area contributed by atoms with Crippen LogP contribution in [0.4, 0.5) is 0 Å². The number of nitrogens with zero attached hydrogens (tertiary/aromatic N) is 4. The van der Waals surface area contributed by atoms with E-state index in [1.165, 1.54) is 6.33 Å². The summed E-state index contributed by atoms with van der Waals surface area (Å²) in [4.78, 5) is 31.2. The van der Waals surface area contributed by atoms with E-state index in [0.717, 1.165) is 0 Å². The number of nitrogens with one attached hydrogen (secondary N) is 1. The SMILES string of the molecule is CCC1NC(=O)C(CC)(CC)N(Cc2ncnn2C)C1=O. The Hall–Kier alpha value is -1.92. The molecule has 1 aliphatic heterocycles. The topological polar surface area (TPSA) is 80.1 Å². The second kappa shape index (κ2) is 5.83. The predicted octanol–water partition coefficient (Wildman–Crippen LogP) is 0.611. The maximum Gasteiger partial charge on any atom is 0.246 e. The van der Waals surface area contributed by atoms with Gasteiger partial charge in [0.25, 0.3) is 0 Å². The van der Waals surface area contributed by atoms with Crippen LogP contribution in [0.15, 0.2) is 6.33 Å². The molecule has 1 aliphatic rings. The first-order valence-corrected chi connectivity index (χ1v) is 7.45. The molecule has 7 nitrogen and oxygen atoms in total. The Balaban J connectivity index is 2.40. The summed E-state index contributed by atoms with van der Waals surface area (Å²) in [6, 6.07) is -0.447. The molecule has 1 aromatic rings. The van der Waals surface area contributed by atoms with Crippen molar-refractivity contribution in [1.29, 1.82) is 0 Å². The minimum absolute atomic E-state index is 0.0381. The van der Waals surface area contributed by atoms with E-state index in [9.17, 15) is 9.59 Å². The van der Waals surface area contributed by atoms with Crippen molar-refractivity contribution in [2.24, 2.45) is 7.05 Å². The number of aryl methyl sites for hydroxylation is 1. The number of rotatable bonds is 5. The van der Waals surface area contributed by atoms with E-state index in [0.29, 0.717) is 31.6 Å². The minimum Gasteiger partial charge on any atom is -0.342 e. The zero-order valence-corrected chi connectivity index (χ0v) is 13.1. The number of hydrogen-bond acceptors (Lipinski definition) is 4. The molecule has 1 N–H and O–H groups in total. The second-order valence-corrected chi connectivity index (χ2v) is 5.40. The maximum atomic E-state index is 12.7. The van der Waals surface area contributed by atoms with Crippen LogP contribution >= 0.6 is 0 Å². The highest BCUT2D eigenvalue weighted by atomic mass is 16.2. The van der Waals surface area contributed by atoms with Gasteiger partial charge >= 0.3 is 0 Å². The highest BCUT2D eigenvalue weighted by molar-refractivity contribution is 5.99. The number of carbonyl (C=O) groups excluding carboxylic acids is 2. The van der Waals surface area contributed by atoms with Crippen LogP contribution < -0.4 is 5.32 Å². The first-order chi connectivity index (χ1) is 10.00. The first kappa shape index (κ1) is 15.5. The Morgan fingerprint density at radius 3 is 2.43 bits per heavy atom. The summed E-state index contributed by atoms with van der Waals surface area (Å²) in [5, 5.41) is 6.89. The van der Waals surface area contributed by atoms with Gasteiger partial charge in [-0.3, -0.25) is 14.3 Å². The second-order valence-electron chi connectivity index (χ2n) is 5.40. The summed E-state index contributed by atoms with van der Waals surface area (Å²) in [6.45, 7) is 6.08. The Labute approximate surface area is 124 Å². The third-order valence-electron chi connectivity index (χ3n) is 4.49. The molecule has 1 atom stereocenters. The summed E-state index contributed by atoms with van der Waals surface area (Å²) >= 11 is 0. The molecule has 0 saturated carbocycles. The molecular formula is C14H23N5O2. The predicted molar refractivity (Wildman–Crippen MR) is 77.1 cm³/mol. The summed E-state index contributed by atoms with van der Waals surface area (Å²) < 4.78 is 1.64. The fourth-order valence-electron chi connectivity index (χ4n) is 2.94. The first-order valence-electron chi connectivity index (χ1n) is 7.45. The van der Waals surface area contributed by atoms with Crippen molar-refractivity contribution in [1.82, 2.24) is 25.0 Å². The van der Waals surface area contributed by atoms with Gasteiger partial charge in [-0.05, 0) is 19.3 Å². The standard InChI is InChI=1S/C14H23N5O2/c1-5-10-12(20)19(8-11-15-9-16-18(11)4)14(6-2,7-3)13(21)17-10/h9-10H,5-8H2,1-4H3,(H,17,21). The normalized spacial score (nSPS) is 21.5. The molecule has 2 amide bonds. The van der Waals surface area contributed by atoms with E-state index in [1.807, 2.05) is 20.8 Å². The van der Waals surface area contributed by atoms with E-state index in [1.54, 1.807) is 16.6 Å². The molecule has 2 heterocycles. The maximum absolute atomic E-state index is 12.7. The van der Waals surface area contributed by atoms with Crippen LogP contribution in [0.2, 0.25) is 0 Å². The molecule has 0 radical (unpaired) electrons. The van der Waals surface area contributed by atoms with E-state index in [-0.39, 0.29) is 11.8 Å². The number of hydrogen-bond donors (Lipinski definition) is 1. The van der Waals surface area contributed by atoms with Gasteiger partial charge in [-0.25, -0.2) is 4.98 Å². The number of aromatic nitrogens is 3. The third kappa shape index (κ3) is 2.41. The van der Waals surface area contributed by atoms with Crippen molar-refractivity contribution in [2.75, 3.05) is 0 Å². The van der Waals surface area contributed by atoms with Crippen molar-refractivity contribution < 1.29 is 9.59 Å². The fraction of sp³-hybridized carbons (Fsp3) is 0.714. The van der Waals surface area contributed by atoms with Crippen LogP contribution in [-0.2, 0) is 23.2 Å². The lowest BCUT2D eigenvalue weighted by Crippen LogP contribution is -2.69. The zero-order valence-electron chi connectivity index (χ0n) is 13.1. The highest BCUT2D eigenvalue weighted by Crippen LogP contribution is 2.30. The smallest absolute Gasteiger partial charge is 0.246 e. The van der Waals surface area contributed by atoms with E-state index in [2.05, 4.69) is 15.4 Å². The van der Waals surface area contributed by atoms with Crippen molar-refractivity contribution in [3.63, 3.8) is 0 Å². The van der Waals surface area contributed by atoms with Crippen LogP contribution in [0, 0.1) is 0 Å². The van der Waals surface area contributed by atoms with Gasteiger partial charge in [0.1, 0.15) is 23.7 Å². The van der Waals surface area contributed by atoms with Gasteiger partial charge in [-0.2, -0.15) is 5.10 Å². The van der Waals surface area contributed by atoms with Crippen molar-refractivity contribution >= 4 is 11.8 Å². The van der Waals surface area contributed by atoms with Crippen LogP contribution in [-0.4, -0.2) is 43.1 Å². The number of carbonyl (C=O) groups is 2. The lowest BCUT2D eigenvalue weighted by molar-refractivity contribution is -0.159. The monoisotopic (exact) mass is 293 g/mol. The number of piperazine rings is 1. The molecule has 1 saturated heterocycles. The van der Waals surface area contributed by atoms with Crippen molar-refractivity contribution in [3.8, 4) is 0 Å². The fourth-order valence-corrected chi connectivity index (χ4v) is 2.94. The average Bonchev–Trinajstić information content (AvgIpc) is 2.89. The Kier molecular flexibility index (Phi) is 4.29. The molecule has 0 bridgehead atoms. The molecular weight excluding hydrogens is 270 g/mol. The van der Waals surface area contributed by atoms with Gasteiger partial charge in [-0.1, -0.05) is 20.8 Å². The molecule has 21 heavy (non-hydrogen) atoms. The molecule has 0 aromatic carbocycles. The summed E-state index contributed by atoms with van der Waals surface area (Å²) in [5.74, 6) is 0.573. The molecule has 1 aromatic heterocycles. The molecule has 2 rings (SSSR count). The van der Waals surface area contributed by atoms with E-state index in [4.69, 9.17) is 0 Å². The average molecular weight is 293 g/mol. The van der Waals surface area contributed by atoms with Crippen molar-refractivity contribution in [2.45, 2.75) is 58.2 Å². The van der Waals surface area contributed by atoms with Crippen LogP contribution in [0.3, 0.4) is 0 Å². The van der Waals surface area contributed by atoms with E-state index < -0.39 is 11.6 Å². The third-order valence-corrected chi connectivity index (χ3v) is 4.49. The molecule has 0 spiro atoms. The lowest BCUT2D eigenvalue weighted by Gasteiger charge is -2.47. The van der Waals surface area contributed by atoms with Gasteiger partial charge in [0.2, 0.25) is 11.8 Å². The largest absolute Gasteiger partial charge is 0.342 e. The molecule has 1 unspecified atom stereocenters. The zero-order chi connectivity index (χ0) is 15.6. The summed E-state index contributed by atoms with van der Waals surface area (Å²) in [6.07, 6.45) is 3.20. The Bertz CT molecular complexity index is 535. The molecule has 0 aliphatic carbocycles. The summed E-state index contributed by atoms with van der Waals surface area (Å²) in [7, 11) is 1.79. The van der Waals surface area contributed by atoms with Crippen LogP contribution in [0.5, 0.6) is 0 Å². The van der Waals surface area contributed by atoms with Gasteiger partial charge in [0.05, 0.1) is 6.54 Å². The van der Waals surface area contributed by atoms with Crippen LogP contribution in [0.1, 0.15) is 45.9 Å². The van der Waals surface area contributed by atoms with Gasteiger partial charge in [0.15, 0.2) is 0 Å². The Morgan fingerprint density at radius 2 is 1.95 bits per heavy atom. The van der Waals surface area contributed by atoms with Crippen molar-refractivity contribution in [3.05, 3.63) is 12.2 Å². The highest BCUT2D eigenvalue weighted by Gasteiger charge is 2.50. The molecule has 116 valence electrons. The van der Waals surface area contributed by atoms with Gasteiger partial charge in [0, 0.05) is 7.05 Å². The number of amides is 2. The van der Waals surface area contributed by atoms with Gasteiger partial charge in [-0.15, -0.1) is 0 Å². The Morgan fingerprint density at radius 1 is 1.29 bits per heavy atom. The minimum atomic E-state index is -0.797. The van der Waals surface area contributed by atoms with Crippen LogP contribution in [0.25, 0.3) is 0 Å².